The van der Waals surface area contributed by atoms with Crippen LogP contribution in [0.4, 0.5) is 11.4 Å². The molecule has 39 heavy (non-hydrogen) atoms. The number of allylic oxidation sites excluding steroid dienone is 1. The zero-order valence-corrected chi connectivity index (χ0v) is 23.7. The van der Waals surface area contributed by atoms with Crippen molar-refractivity contribution in [3.63, 3.8) is 0 Å². The van der Waals surface area contributed by atoms with Crippen LogP contribution in [-0.2, 0) is 16.1 Å². The molecule has 1 atom stereocenters. The Bertz CT molecular complexity index is 1470. The van der Waals surface area contributed by atoms with E-state index in [-0.39, 0.29) is 23.7 Å². The number of nitrogens with zero attached hydrogens (tertiary/aromatic N) is 1. The minimum Gasteiger partial charge on any atom is -0.496 e. The number of methoxy groups -OCH3 is 1. The Morgan fingerprint density at radius 3 is 2.56 bits per heavy atom. The monoisotopic (exact) mass is 563 g/mol. The molecule has 2 N–H and O–H groups in total. The highest BCUT2D eigenvalue weighted by atomic mass is 35.5. The number of carbonyl (C=O) groups is 2. The van der Waals surface area contributed by atoms with Gasteiger partial charge in [0.05, 0.1) is 41.1 Å². The van der Waals surface area contributed by atoms with E-state index in [0.717, 1.165) is 28.2 Å². The molecule has 0 spiro atoms. The lowest BCUT2D eigenvalue weighted by molar-refractivity contribution is -0.120. The second kappa shape index (κ2) is 10.9. The summed E-state index contributed by atoms with van der Waals surface area (Å²) in [4.78, 5) is 29.3. The van der Waals surface area contributed by atoms with Crippen LogP contribution in [0.25, 0.3) is 0 Å². The second-order valence-corrected chi connectivity index (χ2v) is 11.6. The molecule has 0 fully saturated rings. The number of ether oxygens (including phenoxy) is 1. The van der Waals surface area contributed by atoms with Crippen molar-refractivity contribution in [3.05, 3.63) is 99.2 Å². The fourth-order valence-electron chi connectivity index (χ4n) is 5.51. The van der Waals surface area contributed by atoms with Crippen molar-refractivity contribution in [3.8, 4) is 5.75 Å². The Labute approximate surface area is 238 Å². The van der Waals surface area contributed by atoms with E-state index >= 15 is 0 Å². The van der Waals surface area contributed by atoms with Crippen LogP contribution in [0.3, 0.4) is 0 Å². The summed E-state index contributed by atoms with van der Waals surface area (Å²) in [7, 11) is 1.61. The number of amides is 1. The molecule has 1 heterocycles. The van der Waals surface area contributed by atoms with Crippen LogP contribution in [0.1, 0.15) is 43.9 Å². The number of carbonyl (C=O) groups excluding carboxylic acids is 2. The molecule has 3 aromatic rings. The molecular formula is C31H31Cl2N3O3. The van der Waals surface area contributed by atoms with E-state index in [1.807, 2.05) is 59.5 Å². The Hall–Kier alpha value is -3.48. The normalized spacial score (nSPS) is 18.0. The smallest absolute Gasteiger partial charge is 0.239 e. The number of Topliss-reactive ketones (excluding diaryl/α,β-unsaturated/α-hetero) is 1. The number of para-hydroxylation sites is 3. The van der Waals surface area contributed by atoms with E-state index in [1.54, 1.807) is 19.2 Å². The van der Waals surface area contributed by atoms with Gasteiger partial charge < -0.3 is 20.3 Å². The maximum Gasteiger partial charge on any atom is 0.239 e. The first-order valence-electron chi connectivity index (χ1n) is 12.9. The zero-order valence-electron chi connectivity index (χ0n) is 22.2. The van der Waals surface area contributed by atoms with Crippen molar-refractivity contribution < 1.29 is 14.3 Å². The number of ketones is 1. The lowest BCUT2D eigenvalue weighted by atomic mass is 9.73. The number of halogens is 2. The fourth-order valence-corrected chi connectivity index (χ4v) is 5.82. The maximum absolute atomic E-state index is 13.8. The molecule has 8 heteroatoms. The van der Waals surface area contributed by atoms with Gasteiger partial charge in [-0.05, 0) is 47.7 Å². The van der Waals surface area contributed by atoms with E-state index in [2.05, 4.69) is 24.5 Å². The number of rotatable bonds is 6. The predicted molar refractivity (Wildman–Crippen MR) is 157 cm³/mol. The molecular weight excluding hydrogens is 533 g/mol. The summed E-state index contributed by atoms with van der Waals surface area (Å²) in [5.74, 6) is 0.575. The van der Waals surface area contributed by atoms with Gasteiger partial charge in [0.15, 0.2) is 5.78 Å². The maximum atomic E-state index is 13.8. The molecule has 2 aliphatic rings. The first-order valence-corrected chi connectivity index (χ1v) is 13.6. The Balaban J connectivity index is 1.58. The van der Waals surface area contributed by atoms with Gasteiger partial charge in [-0.15, -0.1) is 0 Å². The largest absolute Gasteiger partial charge is 0.496 e. The summed E-state index contributed by atoms with van der Waals surface area (Å²) in [5.41, 5.74) is 4.67. The number of fused-ring (bicyclic) bond motifs is 1. The molecule has 1 aliphatic heterocycles. The van der Waals surface area contributed by atoms with Crippen LogP contribution in [0.5, 0.6) is 5.75 Å². The number of hydrogen-bond donors (Lipinski definition) is 2. The molecule has 0 saturated carbocycles. The average Bonchev–Trinajstić information content (AvgIpc) is 3.03. The van der Waals surface area contributed by atoms with Gasteiger partial charge in [-0.2, -0.15) is 0 Å². The van der Waals surface area contributed by atoms with Crippen LogP contribution < -0.4 is 20.3 Å². The van der Waals surface area contributed by atoms with Crippen LogP contribution in [-0.4, -0.2) is 25.3 Å². The van der Waals surface area contributed by atoms with Gasteiger partial charge in [0.25, 0.3) is 0 Å². The predicted octanol–water partition coefficient (Wildman–Crippen LogP) is 6.93. The van der Waals surface area contributed by atoms with E-state index < -0.39 is 6.04 Å². The van der Waals surface area contributed by atoms with Gasteiger partial charge >= 0.3 is 0 Å². The average molecular weight is 565 g/mol. The molecule has 0 radical (unpaired) electrons. The molecule has 0 saturated heterocycles. The zero-order chi connectivity index (χ0) is 27.7. The third-order valence-electron chi connectivity index (χ3n) is 7.25. The summed E-state index contributed by atoms with van der Waals surface area (Å²) in [6.07, 6.45) is 1.11. The number of nitrogens with one attached hydrogen (secondary N) is 2. The number of anilines is 2. The van der Waals surface area contributed by atoms with Crippen molar-refractivity contribution in [2.45, 2.75) is 39.3 Å². The van der Waals surface area contributed by atoms with Gasteiger partial charge in [-0.25, -0.2) is 0 Å². The third kappa shape index (κ3) is 5.63. The highest BCUT2D eigenvalue weighted by Crippen LogP contribution is 2.48. The summed E-state index contributed by atoms with van der Waals surface area (Å²) >= 11 is 12.7. The molecule has 1 amide bonds. The van der Waals surface area contributed by atoms with Crippen LogP contribution in [0.15, 0.2) is 78.0 Å². The topological polar surface area (TPSA) is 70.7 Å². The summed E-state index contributed by atoms with van der Waals surface area (Å²) in [5, 5.41) is 7.42. The molecule has 0 aromatic heterocycles. The van der Waals surface area contributed by atoms with Crippen LogP contribution in [0.2, 0.25) is 10.0 Å². The Morgan fingerprint density at radius 1 is 1.05 bits per heavy atom. The van der Waals surface area contributed by atoms with E-state index in [0.29, 0.717) is 40.8 Å². The SMILES string of the molecule is COc1ccccc1CNC(=O)CN1c2ccccc2NC2=C(C(=O)CC(C)(C)C2)C1c1ccc(Cl)c(Cl)c1. The third-order valence-corrected chi connectivity index (χ3v) is 7.99. The van der Waals surface area contributed by atoms with Crippen molar-refractivity contribution in [1.29, 1.82) is 0 Å². The number of benzene rings is 3. The van der Waals surface area contributed by atoms with Gasteiger partial charge in [-0.3, -0.25) is 9.59 Å². The summed E-state index contributed by atoms with van der Waals surface area (Å²) < 4.78 is 5.44. The lowest BCUT2D eigenvalue weighted by Gasteiger charge is -2.38. The molecule has 3 aromatic carbocycles. The van der Waals surface area contributed by atoms with Crippen molar-refractivity contribution in [1.82, 2.24) is 5.32 Å². The first-order chi connectivity index (χ1) is 18.7. The highest BCUT2D eigenvalue weighted by Gasteiger charge is 2.42. The molecule has 5 rings (SSSR count). The van der Waals surface area contributed by atoms with Gasteiger partial charge in [0.1, 0.15) is 5.75 Å². The van der Waals surface area contributed by atoms with Crippen LogP contribution >= 0.6 is 23.2 Å². The minimum atomic E-state index is -0.536. The van der Waals surface area contributed by atoms with Gasteiger partial charge in [0.2, 0.25) is 5.91 Å². The van der Waals surface area contributed by atoms with Crippen molar-refractivity contribution in [2.24, 2.45) is 5.41 Å². The number of hydrogen-bond acceptors (Lipinski definition) is 5. The van der Waals surface area contributed by atoms with Gasteiger partial charge in [-0.1, -0.05) is 73.4 Å². The van der Waals surface area contributed by atoms with Crippen LogP contribution in [0, 0.1) is 5.41 Å². The minimum absolute atomic E-state index is 0.0200. The fraction of sp³-hybridized carbons (Fsp3) is 0.290. The Kier molecular flexibility index (Phi) is 7.61. The quantitative estimate of drug-likeness (QED) is 0.340. The second-order valence-electron chi connectivity index (χ2n) is 10.8. The van der Waals surface area contributed by atoms with E-state index in [9.17, 15) is 9.59 Å². The Morgan fingerprint density at radius 2 is 1.79 bits per heavy atom. The lowest BCUT2D eigenvalue weighted by Crippen LogP contribution is -2.42. The standard InChI is InChI=1S/C31H31Cl2N3O3/c1-31(2)15-24-29(26(37)16-31)30(19-12-13-21(32)22(33)14-19)36(25-10-6-5-9-23(25)35-24)18-28(38)34-17-20-8-4-7-11-27(20)39-3/h4-14,30,35H,15-18H2,1-3H3,(H,34,38). The van der Waals surface area contributed by atoms with Gasteiger partial charge in [0, 0.05) is 29.8 Å². The molecule has 202 valence electrons. The van der Waals surface area contributed by atoms with E-state index in [1.165, 1.54) is 0 Å². The molecule has 1 unspecified atom stereocenters. The first kappa shape index (κ1) is 27.1. The molecule has 1 aliphatic carbocycles. The van der Waals surface area contributed by atoms with Crippen molar-refractivity contribution in [2.75, 3.05) is 23.9 Å². The van der Waals surface area contributed by atoms with Crippen molar-refractivity contribution >= 4 is 46.3 Å². The summed E-state index contributed by atoms with van der Waals surface area (Å²) in [6, 6.07) is 20.3. The molecule has 0 bridgehead atoms. The highest BCUT2D eigenvalue weighted by molar-refractivity contribution is 6.42. The van der Waals surface area contributed by atoms with E-state index in [4.69, 9.17) is 27.9 Å². The summed E-state index contributed by atoms with van der Waals surface area (Å²) in [6.45, 7) is 4.54. The molecule has 6 nitrogen and oxygen atoms in total.